The van der Waals surface area contributed by atoms with Crippen molar-refractivity contribution in [3.8, 4) is 0 Å². The van der Waals surface area contributed by atoms with Gasteiger partial charge in [0.1, 0.15) is 0 Å². The predicted molar refractivity (Wildman–Crippen MR) is 88.8 cm³/mol. The summed E-state index contributed by atoms with van der Waals surface area (Å²) in [6.07, 6.45) is 0. The van der Waals surface area contributed by atoms with E-state index < -0.39 is 0 Å². The van der Waals surface area contributed by atoms with Gasteiger partial charge < -0.3 is 9.47 Å². The molecule has 2 heterocycles. The molecule has 1 aromatic rings. The van der Waals surface area contributed by atoms with Crippen LogP contribution in [0.2, 0.25) is 0 Å². The Bertz CT molecular complexity index is 462. The number of rotatable bonds is 6. The van der Waals surface area contributed by atoms with Gasteiger partial charge in [-0.25, -0.2) is 0 Å². The van der Waals surface area contributed by atoms with Crippen LogP contribution >= 0.6 is 0 Å². The zero-order chi connectivity index (χ0) is 15.9. The number of ketones is 1. The van der Waals surface area contributed by atoms with Crippen molar-refractivity contribution in [2.75, 3.05) is 65.7 Å². The van der Waals surface area contributed by atoms with Gasteiger partial charge in [-0.1, -0.05) is 30.3 Å². The van der Waals surface area contributed by atoms with Crippen LogP contribution in [-0.4, -0.2) is 81.3 Å². The van der Waals surface area contributed by atoms with Gasteiger partial charge in [0, 0.05) is 50.7 Å². The van der Waals surface area contributed by atoms with E-state index in [0.717, 1.165) is 71.3 Å². The molecule has 2 saturated heterocycles. The van der Waals surface area contributed by atoms with E-state index >= 15 is 0 Å². The van der Waals surface area contributed by atoms with E-state index in [1.165, 1.54) is 0 Å². The summed E-state index contributed by atoms with van der Waals surface area (Å²) in [5.74, 6) is 0.261. The lowest BCUT2D eigenvalue weighted by atomic mass is 9.96. The third kappa shape index (κ3) is 4.85. The van der Waals surface area contributed by atoms with E-state index in [1.807, 2.05) is 30.3 Å². The van der Waals surface area contributed by atoms with Crippen LogP contribution < -0.4 is 0 Å². The number of Topliss-reactive ketones (excluding diaryl/α,β-unsaturated/α-hetero) is 1. The average Bonchev–Trinajstić information content (AvgIpc) is 2.63. The molecule has 0 saturated carbocycles. The van der Waals surface area contributed by atoms with Gasteiger partial charge in [0.15, 0.2) is 5.78 Å². The minimum Gasteiger partial charge on any atom is -0.379 e. The van der Waals surface area contributed by atoms with Gasteiger partial charge >= 0.3 is 0 Å². The molecule has 0 amide bonds. The molecule has 2 aliphatic heterocycles. The SMILES string of the molecule is O=C(c1ccccc1)C(CN1CCOCC1)CN1CCOCC1. The van der Waals surface area contributed by atoms with Crippen molar-refractivity contribution in [1.29, 1.82) is 0 Å². The number of hydrogen-bond acceptors (Lipinski definition) is 5. The Balaban J connectivity index is 1.67. The Morgan fingerprint density at radius 1 is 0.870 bits per heavy atom. The van der Waals surface area contributed by atoms with Gasteiger partial charge in [0.05, 0.1) is 26.4 Å². The van der Waals surface area contributed by atoms with Gasteiger partial charge in [-0.05, 0) is 0 Å². The molecule has 5 heteroatoms. The Morgan fingerprint density at radius 3 is 1.83 bits per heavy atom. The van der Waals surface area contributed by atoms with E-state index in [9.17, 15) is 4.79 Å². The monoisotopic (exact) mass is 318 g/mol. The molecule has 0 radical (unpaired) electrons. The molecule has 0 aromatic heterocycles. The van der Waals surface area contributed by atoms with Gasteiger partial charge in [-0.2, -0.15) is 0 Å². The highest BCUT2D eigenvalue weighted by Crippen LogP contribution is 2.14. The van der Waals surface area contributed by atoms with Crippen LogP contribution in [0.5, 0.6) is 0 Å². The van der Waals surface area contributed by atoms with Crippen LogP contribution in [0.3, 0.4) is 0 Å². The number of benzene rings is 1. The summed E-state index contributed by atoms with van der Waals surface area (Å²) in [7, 11) is 0. The molecule has 5 nitrogen and oxygen atoms in total. The minimum absolute atomic E-state index is 0.00796. The summed E-state index contributed by atoms with van der Waals surface area (Å²) < 4.78 is 10.8. The van der Waals surface area contributed by atoms with Crippen molar-refractivity contribution in [1.82, 2.24) is 9.80 Å². The van der Waals surface area contributed by atoms with Crippen molar-refractivity contribution in [3.63, 3.8) is 0 Å². The third-order valence-corrected chi connectivity index (χ3v) is 4.59. The molecular weight excluding hydrogens is 292 g/mol. The first kappa shape index (κ1) is 16.6. The van der Waals surface area contributed by atoms with E-state index in [1.54, 1.807) is 0 Å². The maximum absolute atomic E-state index is 13.0. The number of carbonyl (C=O) groups is 1. The first-order valence-electron chi connectivity index (χ1n) is 8.52. The smallest absolute Gasteiger partial charge is 0.168 e. The van der Waals surface area contributed by atoms with Crippen LogP contribution in [0.25, 0.3) is 0 Å². The van der Waals surface area contributed by atoms with Crippen molar-refractivity contribution in [2.24, 2.45) is 5.92 Å². The Kier molecular flexibility index (Phi) is 6.16. The molecule has 0 unspecified atom stereocenters. The summed E-state index contributed by atoms with van der Waals surface area (Å²) in [4.78, 5) is 17.7. The standard InChI is InChI=1S/C18H26N2O3/c21-18(16-4-2-1-3-5-16)17(14-19-6-10-22-11-7-19)15-20-8-12-23-13-9-20/h1-5,17H,6-15H2. The van der Waals surface area contributed by atoms with Gasteiger partial charge in [-0.15, -0.1) is 0 Å². The largest absolute Gasteiger partial charge is 0.379 e. The quantitative estimate of drug-likeness (QED) is 0.736. The normalized spacial score (nSPS) is 20.7. The number of carbonyl (C=O) groups excluding carboxylic acids is 1. The average molecular weight is 318 g/mol. The zero-order valence-electron chi connectivity index (χ0n) is 13.7. The second kappa shape index (κ2) is 8.55. The van der Waals surface area contributed by atoms with E-state index in [2.05, 4.69) is 9.80 Å². The molecule has 0 atom stereocenters. The minimum atomic E-state index is 0.00796. The van der Waals surface area contributed by atoms with Crippen molar-refractivity contribution in [3.05, 3.63) is 35.9 Å². The highest BCUT2D eigenvalue weighted by Gasteiger charge is 2.26. The lowest BCUT2D eigenvalue weighted by molar-refractivity contribution is 0.0130. The Hall–Kier alpha value is -1.27. The molecular formula is C18H26N2O3. The molecule has 1 aromatic carbocycles. The van der Waals surface area contributed by atoms with Crippen LogP contribution in [-0.2, 0) is 9.47 Å². The topological polar surface area (TPSA) is 42.0 Å². The molecule has 23 heavy (non-hydrogen) atoms. The summed E-state index contributed by atoms with van der Waals surface area (Å²) >= 11 is 0. The summed E-state index contributed by atoms with van der Waals surface area (Å²) in [6.45, 7) is 8.37. The van der Waals surface area contributed by atoms with Gasteiger partial charge in [0.2, 0.25) is 0 Å². The van der Waals surface area contributed by atoms with Crippen LogP contribution in [0, 0.1) is 5.92 Å². The predicted octanol–water partition coefficient (Wildman–Crippen LogP) is 1.15. The first-order chi connectivity index (χ1) is 11.3. The van der Waals surface area contributed by atoms with Crippen molar-refractivity contribution >= 4 is 5.78 Å². The fraction of sp³-hybridized carbons (Fsp3) is 0.611. The molecule has 0 bridgehead atoms. The Labute approximate surface area is 138 Å². The second-order valence-corrected chi connectivity index (χ2v) is 6.25. The summed E-state index contributed by atoms with van der Waals surface area (Å²) in [5.41, 5.74) is 0.819. The maximum atomic E-state index is 13.0. The van der Waals surface area contributed by atoms with E-state index in [-0.39, 0.29) is 11.7 Å². The molecule has 0 N–H and O–H groups in total. The second-order valence-electron chi connectivity index (χ2n) is 6.25. The van der Waals surface area contributed by atoms with Crippen LogP contribution in [0.4, 0.5) is 0 Å². The molecule has 0 spiro atoms. The number of ether oxygens (including phenoxy) is 2. The molecule has 2 fully saturated rings. The maximum Gasteiger partial charge on any atom is 0.168 e. The molecule has 2 aliphatic rings. The first-order valence-corrected chi connectivity index (χ1v) is 8.52. The number of morpholine rings is 2. The molecule has 0 aliphatic carbocycles. The van der Waals surface area contributed by atoms with Crippen LogP contribution in [0.1, 0.15) is 10.4 Å². The van der Waals surface area contributed by atoms with E-state index in [4.69, 9.17) is 9.47 Å². The highest BCUT2D eigenvalue weighted by atomic mass is 16.5. The van der Waals surface area contributed by atoms with E-state index in [0.29, 0.717) is 0 Å². The fourth-order valence-electron chi connectivity index (χ4n) is 3.25. The lowest BCUT2D eigenvalue weighted by Crippen LogP contribution is -2.47. The fourth-order valence-corrected chi connectivity index (χ4v) is 3.25. The molecule has 3 rings (SSSR count). The van der Waals surface area contributed by atoms with Gasteiger partial charge in [0.25, 0.3) is 0 Å². The number of hydrogen-bond donors (Lipinski definition) is 0. The summed E-state index contributed by atoms with van der Waals surface area (Å²) in [6, 6.07) is 9.68. The Morgan fingerprint density at radius 2 is 1.35 bits per heavy atom. The highest BCUT2D eigenvalue weighted by molar-refractivity contribution is 5.98. The molecule has 126 valence electrons. The van der Waals surface area contributed by atoms with Gasteiger partial charge in [-0.3, -0.25) is 14.6 Å². The zero-order valence-corrected chi connectivity index (χ0v) is 13.7. The van der Waals surface area contributed by atoms with Crippen molar-refractivity contribution in [2.45, 2.75) is 0 Å². The summed E-state index contributed by atoms with van der Waals surface area (Å²) in [5, 5.41) is 0. The lowest BCUT2D eigenvalue weighted by Gasteiger charge is -2.34. The van der Waals surface area contributed by atoms with Crippen molar-refractivity contribution < 1.29 is 14.3 Å². The van der Waals surface area contributed by atoms with Crippen LogP contribution in [0.15, 0.2) is 30.3 Å². The third-order valence-electron chi connectivity index (χ3n) is 4.59. The number of nitrogens with zero attached hydrogens (tertiary/aromatic N) is 2.